The molecule has 0 unspecified atom stereocenters. The summed E-state index contributed by atoms with van der Waals surface area (Å²) in [6, 6.07) is 12.8. The van der Waals surface area contributed by atoms with Crippen LogP contribution in [0.2, 0.25) is 0 Å². The number of carbonyl (C=O) groups excluding carboxylic acids is 1. The Morgan fingerprint density at radius 3 is 2.43 bits per heavy atom. The maximum Gasteiger partial charge on any atom is 0.341 e. The van der Waals surface area contributed by atoms with Crippen LogP contribution in [0.4, 0.5) is 4.39 Å². The van der Waals surface area contributed by atoms with E-state index in [1.807, 2.05) is 18.4 Å². The molecule has 4 rings (SSSR count). The number of ether oxygens (including phenoxy) is 4. The minimum absolute atomic E-state index is 0.0334. The smallest absolute Gasteiger partial charge is 0.341 e. The Hall–Kier alpha value is -3.52. The lowest BCUT2D eigenvalue weighted by Crippen LogP contribution is -2.20. The third-order valence-corrected chi connectivity index (χ3v) is 6.84. The van der Waals surface area contributed by atoms with Crippen molar-refractivity contribution in [2.75, 3.05) is 34.2 Å². The Morgan fingerprint density at radius 2 is 1.77 bits per heavy atom. The van der Waals surface area contributed by atoms with Gasteiger partial charge < -0.3 is 18.9 Å². The molecular formula is C27H25FO6S. The van der Waals surface area contributed by atoms with Gasteiger partial charge in [-0.2, -0.15) is 0 Å². The van der Waals surface area contributed by atoms with Crippen molar-refractivity contribution in [3.8, 4) is 28.4 Å². The highest BCUT2D eigenvalue weighted by Gasteiger charge is 2.32. The molecule has 0 aromatic heterocycles. The number of hydrogen-bond donors (Lipinski definition) is 0. The van der Waals surface area contributed by atoms with Crippen molar-refractivity contribution in [2.24, 2.45) is 0 Å². The summed E-state index contributed by atoms with van der Waals surface area (Å²) in [6.07, 6.45) is 2.29. The fraction of sp³-hybridized carbons (Fsp3) is 0.259. The van der Waals surface area contributed by atoms with E-state index in [1.165, 1.54) is 37.1 Å². The molecule has 0 spiro atoms. The van der Waals surface area contributed by atoms with Gasteiger partial charge in [0.1, 0.15) is 5.82 Å². The molecule has 0 radical (unpaired) electrons. The molecule has 0 saturated carbocycles. The highest BCUT2D eigenvalue weighted by atomic mass is 32.2. The third-order valence-electron chi connectivity index (χ3n) is 6.06. The molecule has 0 amide bonds. The summed E-state index contributed by atoms with van der Waals surface area (Å²) in [6.45, 7) is -0.0334. The van der Waals surface area contributed by atoms with E-state index in [9.17, 15) is 14.0 Å². The third kappa shape index (κ3) is 4.58. The SMILES string of the molecule is COc1cc2c(c(OC)c1OC)-c1ccc(SC)c(=O)cc1[C@@H](COC(=O)c1ccccc1F)C2. The molecule has 35 heavy (non-hydrogen) atoms. The van der Waals surface area contributed by atoms with Crippen LogP contribution in [0.25, 0.3) is 11.1 Å². The lowest BCUT2D eigenvalue weighted by atomic mass is 9.79. The van der Waals surface area contributed by atoms with Crippen molar-refractivity contribution in [3.63, 3.8) is 0 Å². The summed E-state index contributed by atoms with van der Waals surface area (Å²) >= 11 is 1.36. The van der Waals surface area contributed by atoms with Crippen LogP contribution in [0.15, 0.2) is 58.2 Å². The Bertz CT molecular complexity index is 1340. The van der Waals surface area contributed by atoms with E-state index < -0.39 is 11.8 Å². The predicted molar refractivity (Wildman–Crippen MR) is 133 cm³/mol. The van der Waals surface area contributed by atoms with E-state index in [-0.39, 0.29) is 23.5 Å². The quantitative estimate of drug-likeness (QED) is 0.333. The Labute approximate surface area is 207 Å². The average molecular weight is 497 g/mol. The first kappa shape index (κ1) is 24.6. The van der Waals surface area contributed by atoms with Gasteiger partial charge >= 0.3 is 5.97 Å². The molecule has 0 saturated heterocycles. The summed E-state index contributed by atoms with van der Waals surface area (Å²) in [5, 5.41) is 0. The molecular weight excluding hydrogens is 471 g/mol. The number of halogens is 1. The number of fused-ring (bicyclic) bond motifs is 3. The standard InChI is InChI=1S/C27H25FO6S/c1-31-22-12-15-11-16(14-34-27(30)18-7-5-6-8-20(18)28)19-13-21(29)23(35-4)10-9-17(19)24(15)26(33-3)25(22)32-2/h5-10,12-13,16H,11,14H2,1-4H3/t16-/m1/s1. The Kier molecular flexibility index (Phi) is 7.31. The van der Waals surface area contributed by atoms with Gasteiger partial charge in [0.2, 0.25) is 5.75 Å². The van der Waals surface area contributed by atoms with Crippen LogP contribution < -0.4 is 19.6 Å². The molecule has 0 aliphatic heterocycles. The summed E-state index contributed by atoms with van der Waals surface area (Å²) < 4.78 is 36.5. The van der Waals surface area contributed by atoms with Gasteiger partial charge in [-0.15, -0.1) is 11.8 Å². The van der Waals surface area contributed by atoms with Gasteiger partial charge in [0.05, 0.1) is 38.4 Å². The first-order chi connectivity index (χ1) is 16.9. The molecule has 0 N–H and O–H groups in total. The molecule has 1 aliphatic carbocycles. The van der Waals surface area contributed by atoms with Crippen LogP contribution in [0.5, 0.6) is 17.2 Å². The molecule has 8 heteroatoms. The number of methoxy groups -OCH3 is 3. The average Bonchev–Trinajstić information content (AvgIpc) is 3.04. The highest BCUT2D eigenvalue weighted by molar-refractivity contribution is 7.98. The number of esters is 1. The van der Waals surface area contributed by atoms with E-state index >= 15 is 0 Å². The van der Waals surface area contributed by atoms with E-state index in [0.29, 0.717) is 28.6 Å². The van der Waals surface area contributed by atoms with Crippen LogP contribution in [-0.4, -0.2) is 40.2 Å². The van der Waals surface area contributed by atoms with Gasteiger partial charge in [0.25, 0.3) is 0 Å². The summed E-state index contributed by atoms with van der Waals surface area (Å²) in [7, 11) is 4.63. The molecule has 6 nitrogen and oxygen atoms in total. The lowest BCUT2D eigenvalue weighted by molar-refractivity contribution is 0.0473. The van der Waals surface area contributed by atoms with Gasteiger partial charge in [0, 0.05) is 11.5 Å². The molecule has 0 fully saturated rings. The largest absolute Gasteiger partial charge is 0.493 e. The van der Waals surface area contributed by atoms with Crippen LogP contribution in [0.1, 0.15) is 27.4 Å². The number of thioether (sulfide) groups is 1. The highest BCUT2D eigenvalue weighted by Crippen LogP contribution is 2.51. The van der Waals surface area contributed by atoms with E-state index in [1.54, 1.807) is 32.4 Å². The fourth-order valence-corrected chi connectivity index (χ4v) is 4.89. The number of hydrogen-bond acceptors (Lipinski definition) is 7. The van der Waals surface area contributed by atoms with Crippen molar-refractivity contribution in [2.45, 2.75) is 17.2 Å². The van der Waals surface area contributed by atoms with Crippen molar-refractivity contribution in [1.82, 2.24) is 0 Å². The van der Waals surface area contributed by atoms with E-state index in [0.717, 1.165) is 22.3 Å². The molecule has 3 aromatic carbocycles. The number of benzene rings is 2. The summed E-state index contributed by atoms with van der Waals surface area (Å²) in [5.74, 6) is -0.300. The lowest BCUT2D eigenvalue weighted by Gasteiger charge is -2.29. The van der Waals surface area contributed by atoms with Crippen LogP contribution >= 0.6 is 11.8 Å². The molecule has 0 bridgehead atoms. The Morgan fingerprint density at radius 1 is 1.03 bits per heavy atom. The zero-order chi connectivity index (χ0) is 25.1. The molecule has 0 heterocycles. The predicted octanol–water partition coefficient (Wildman–Crippen LogP) is 5.10. The minimum atomic E-state index is -0.757. The second-order valence-electron chi connectivity index (χ2n) is 7.94. The number of carbonyl (C=O) groups is 1. The van der Waals surface area contributed by atoms with Crippen molar-refractivity contribution >= 4 is 17.7 Å². The van der Waals surface area contributed by atoms with Gasteiger partial charge in [0.15, 0.2) is 16.9 Å². The second-order valence-corrected chi connectivity index (χ2v) is 8.79. The van der Waals surface area contributed by atoms with E-state index in [2.05, 4.69) is 0 Å². The maximum atomic E-state index is 14.1. The van der Waals surface area contributed by atoms with Gasteiger partial charge in [-0.05, 0) is 59.7 Å². The maximum absolute atomic E-state index is 14.1. The fourth-order valence-electron chi connectivity index (χ4n) is 4.43. The number of rotatable bonds is 7. The Balaban J connectivity index is 1.84. The van der Waals surface area contributed by atoms with Gasteiger partial charge in [-0.1, -0.05) is 18.2 Å². The topological polar surface area (TPSA) is 71.1 Å². The van der Waals surface area contributed by atoms with E-state index in [4.69, 9.17) is 18.9 Å². The van der Waals surface area contributed by atoms with Crippen molar-refractivity contribution in [3.05, 3.63) is 81.3 Å². The molecule has 182 valence electrons. The normalized spacial score (nSPS) is 13.9. The van der Waals surface area contributed by atoms with Crippen LogP contribution in [0, 0.1) is 5.82 Å². The van der Waals surface area contributed by atoms with Crippen LogP contribution in [-0.2, 0) is 11.2 Å². The monoisotopic (exact) mass is 496 g/mol. The summed E-state index contributed by atoms with van der Waals surface area (Å²) in [5.41, 5.74) is 2.91. The zero-order valence-corrected chi connectivity index (χ0v) is 20.7. The van der Waals surface area contributed by atoms with Gasteiger partial charge in [-0.3, -0.25) is 4.79 Å². The summed E-state index contributed by atoms with van der Waals surface area (Å²) in [4.78, 5) is 26.1. The van der Waals surface area contributed by atoms with Crippen LogP contribution in [0.3, 0.4) is 0 Å². The minimum Gasteiger partial charge on any atom is -0.493 e. The second kappa shape index (κ2) is 10.4. The van der Waals surface area contributed by atoms with Gasteiger partial charge in [-0.25, -0.2) is 9.18 Å². The molecule has 1 aliphatic rings. The van der Waals surface area contributed by atoms with Crippen molar-refractivity contribution in [1.29, 1.82) is 0 Å². The first-order valence-corrected chi connectivity index (χ1v) is 12.1. The van der Waals surface area contributed by atoms with Crippen molar-refractivity contribution < 1.29 is 28.1 Å². The zero-order valence-electron chi connectivity index (χ0n) is 19.8. The molecule has 1 atom stereocenters. The first-order valence-electron chi connectivity index (χ1n) is 10.9. The molecule has 3 aromatic rings.